The summed E-state index contributed by atoms with van der Waals surface area (Å²) in [6.07, 6.45) is 0. The number of carbonyl (C=O) groups is 1. The van der Waals surface area contributed by atoms with Gasteiger partial charge in [0.05, 0.1) is 19.1 Å². The molecule has 0 aromatic heterocycles. The summed E-state index contributed by atoms with van der Waals surface area (Å²) in [5.74, 6) is -1.55. The fourth-order valence-electron chi connectivity index (χ4n) is 2.42. The Morgan fingerprint density at radius 1 is 1.53 bits per heavy atom. The second-order valence-corrected chi connectivity index (χ2v) is 5.05. The summed E-state index contributed by atoms with van der Waals surface area (Å²) in [7, 11) is 1.87. The third kappa shape index (κ3) is 3.11. The van der Waals surface area contributed by atoms with Crippen LogP contribution >= 0.6 is 0 Å². The van der Waals surface area contributed by atoms with Crippen LogP contribution in [0.4, 0.5) is 4.39 Å². The van der Waals surface area contributed by atoms with Crippen molar-refractivity contribution in [3.8, 4) is 0 Å². The highest BCUT2D eigenvalue weighted by Gasteiger charge is 2.36. The summed E-state index contributed by atoms with van der Waals surface area (Å²) < 4.78 is 18.4. The van der Waals surface area contributed by atoms with Crippen molar-refractivity contribution in [1.29, 1.82) is 0 Å². The third-order valence-electron chi connectivity index (χ3n) is 3.59. The SMILES string of the molecule is Cc1cc(CN(C)C2COCC2C(=O)O)ccc1F. The normalized spacial score (nSPS) is 22.9. The predicted octanol–water partition coefficient (Wildman–Crippen LogP) is 1.67. The highest BCUT2D eigenvalue weighted by molar-refractivity contribution is 5.71. The largest absolute Gasteiger partial charge is 0.481 e. The predicted molar refractivity (Wildman–Crippen MR) is 68.3 cm³/mol. The van der Waals surface area contributed by atoms with E-state index < -0.39 is 11.9 Å². The molecule has 1 saturated heterocycles. The number of rotatable bonds is 4. The van der Waals surface area contributed by atoms with E-state index in [1.807, 2.05) is 11.9 Å². The molecule has 0 radical (unpaired) electrons. The highest BCUT2D eigenvalue weighted by Crippen LogP contribution is 2.21. The summed E-state index contributed by atoms with van der Waals surface area (Å²) in [6, 6.07) is 4.82. The summed E-state index contributed by atoms with van der Waals surface area (Å²) in [5, 5.41) is 9.12. The van der Waals surface area contributed by atoms with Gasteiger partial charge in [0, 0.05) is 12.6 Å². The molecule has 2 atom stereocenters. The topological polar surface area (TPSA) is 49.8 Å². The molecule has 0 aliphatic carbocycles. The van der Waals surface area contributed by atoms with Crippen LogP contribution in [0.1, 0.15) is 11.1 Å². The Balaban J connectivity index is 2.05. The van der Waals surface area contributed by atoms with Gasteiger partial charge in [-0.2, -0.15) is 0 Å². The number of aliphatic carboxylic acids is 1. The van der Waals surface area contributed by atoms with E-state index in [2.05, 4.69) is 0 Å². The Hall–Kier alpha value is -1.46. The molecule has 5 heteroatoms. The maximum atomic E-state index is 13.2. The first kappa shape index (κ1) is 14.0. The van der Waals surface area contributed by atoms with Gasteiger partial charge in [0.2, 0.25) is 0 Å². The van der Waals surface area contributed by atoms with Crippen molar-refractivity contribution in [1.82, 2.24) is 4.90 Å². The van der Waals surface area contributed by atoms with E-state index in [-0.39, 0.29) is 18.5 Å². The van der Waals surface area contributed by atoms with Gasteiger partial charge in [-0.1, -0.05) is 12.1 Å². The molecule has 0 saturated carbocycles. The fourth-order valence-corrected chi connectivity index (χ4v) is 2.42. The third-order valence-corrected chi connectivity index (χ3v) is 3.59. The first-order valence-electron chi connectivity index (χ1n) is 6.25. The Morgan fingerprint density at radius 2 is 2.26 bits per heavy atom. The van der Waals surface area contributed by atoms with Crippen molar-refractivity contribution in [2.45, 2.75) is 19.5 Å². The molecule has 1 aliphatic heterocycles. The number of likely N-dealkylation sites (N-methyl/N-ethyl adjacent to an activating group) is 1. The summed E-state index contributed by atoms with van der Waals surface area (Å²) in [5.41, 5.74) is 1.57. The van der Waals surface area contributed by atoms with Crippen LogP contribution in [0.15, 0.2) is 18.2 Å². The second kappa shape index (κ2) is 5.67. The van der Waals surface area contributed by atoms with Crippen LogP contribution < -0.4 is 0 Å². The van der Waals surface area contributed by atoms with Gasteiger partial charge in [-0.15, -0.1) is 0 Å². The molecule has 1 heterocycles. The smallest absolute Gasteiger partial charge is 0.310 e. The minimum atomic E-state index is -0.829. The second-order valence-electron chi connectivity index (χ2n) is 5.05. The molecule has 4 nitrogen and oxygen atoms in total. The number of hydrogen-bond donors (Lipinski definition) is 1. The molecule has 1 aromatic carbocycles. The zero-order valence-electron chi connectivity index (χ0n) is 11.1. The van der Waals surface area contributed by atoms with Crippen molar-refractivity contribution in [3.63, 3.8) is 0 Å². The monoisotopic (exact) mass is 267 g/mol. The van der Waals surface area contributed by atoms with Crippen molar-refractivity contribution in [2.75, 3.05) is 20.3 Å². The Kier molecular flexibility index (Phi) is 4.17. The molecule has 2 rings (SSSR count). The molecule has 19 heavy (non-hydrogen) atoms. The van der Waals surface area contributed by atoms with Crippen LogP contribution in [0.25, 0.3) is 0 Å². The molecule has 2 unspecified atom stereocenters. The van der Waals surface area contributed by atoms with Gasteiger partial charge in [0.1, 0.15) is 5.82 Å². The molecular formula is C14H18FNO3. The number of carboxylic acid groups (broad SMARTS) is 1. The standard InChI is InChI=1S/C14H18FNO3/c1-9-5-10(3-4-12(9)15)6-16(2)13-8-19-7-11(13)14(17)18/h3-5,11,13H,6-8H2,1-2H3,(H,17,18). The lowest BCUT2D eigenvalue weighted by atomic mass is 10.0. The number of benzene rings is 1. The molecule has 0 amide bonds. The van der Waals surface area contributed by atoms with E-state index in [0.717, 1.165) is 5.56 Å². The molecule has 1 aromatic rings. The van der Waals surface area contributed by atoms with E-state index in [0.29, 0.717) is 18.7 Å². The molecule has 1 fully saturated rings. The maximum Gasteiger partial charge on any atom is 0.310 e. The molecule has 0 bridgehead atoms. The summed E-state index contributed by atoms with van der Waals surface area (Å²) in [6.45, 7) is 2.98. The van der Waals surface area contributed by atoms with Gasteiger partial charge in [-0.25, -0.2) is 4.39 Å². The molecule has 1 N–H and O–H groups in total. The van der Waals surface area contributed by atoms with E-state index in [9.17, 15) is 9.18 Å². The number of carboxylic acids is 1. The van der Waals surface area contributed by atoms with Gasteiger partial charge < -0.3 is 9.84 Å². The van der Waals surface area contributed by atoms with Crippen LogP contribution in [-0.4, -0.2) is 42.3 Å². The van der Waals surface area contributed by atoms with Crippen LogP contribution in [-0.2, 0) is 16.1 Å². The lowest BCUT2D eigenvalue weighted by Crippen LogP contribution is -2.40. The van der Waals surface area contributed by atoms with Crippen LogP contribution in [0.3, 0.4) is 0 Å². The zero-order chi connectivity index (χ0) is 14.0. The maximum absolute atomic E-state index is 13.2. The first-order chi connectivity index (χ1) is 8.99. The molecule has 104 valence electrons. The van der Waals surface area contributed by atoms with Crippen molar-refractivity contribution in [3.05, 3.63) is 35.1 Å². The molecular weight excluding hydrogens is 249 g/mol. The van der Waals surface area contributed by atoms with Crippen LogP contribution in [0, 0.1) is 18.7 Å². The lowest BCUT2D eigenvalue weighted by Gasteiger charge is -2.26. The van der Waals surface area contributed by atoms with Crippen molar-refractivity contribution in [2.24, 2.45) is 5.92 Å². The van der Waals surface area contributed by atoms with E-state index >= 15 is 0 Å². The number of hydrogen-bond acceptors (Lipinski definition) is 3. The number of ether oxygens (including phenoxy) is 1. The molecule has 1 aliphatic rings. The molecule has 0 spiro atoms. The van der Waals surface area contributed by atoms with Gasteiger partial charge in [0.15, 0.2) is 0 Å². The Labute approximate surface area is 111 Å². The fraction of sp³-hybridized carbons (Fsp3) is 0.500. The van der Waals surface area contributed by atoms with Crippen molar-refractivity contribution >= 4 is 5.97 Å². The van der Waals surface area contributed by atoms with Gasteiger partial charge in [-0.3, -0.25) is 9.69 Å². The quantitative estimate of drug-likeness (QED) is 0.901. The summed E-state index contributed by atoms with van der Waals surface area (Å²) >= 11 is 0. The average Bonchev–Trinajstić information content (AvgIpc) is 2.83. The van der Waals surface area contributed by atoms with Gasteiger partial charge in [0.25, 0.3) is 0 Å². The average molecular weight is 267 g/mol. The van der Waals surface area contributed by atoms with E-state index in [1.54, 1.807) is 19.1 Å². The van der Waals surface area contributed by atoms with Crippen LogP contribution in [0.5, 0.6) is 0 Å². The Bertz CT molecular complexity index is 478. The van der Waals surface area contributed by atoms with Gasteiger partial charge in [-0.05, 0) is 31.2 Å². The minimum absolute atomic E-state index is 0.136. The minimum Gasteiger partial charge on any atom is -0.481 e. The van der Waals surface area contributed by atoms with Crippen molar-refractivity contribution < 1.29 is 19.0 Å². The van der Waals surface area contributed by atoms with Gasteiger partial charge >= 0.3 is 5.97 Å². The summed E-state index contributed by atoms with van der Waals surface area (Å²) in [4.78, 5) is 13.1. The zero-order valence-corrected chi connectivity index (χ0v) is 11.1. The van der Waals surface area contributed by atoms with E-state index in [1.165, 1.54) is 6.07 Å². The number of nitrogens with zero attached hydrogens (tertiary/aromatic N) is 1. The number of aryl methyl sites for hydroxylation is 1. The Morgan fingerprint density at radius 3 is 2.89 bits per heavy atom. The highest BCUT2D eigenvalue weighted by atomic mass is 19.1. The van der Waals surface area contributed by atoms with E-state index in [4.69, 9.17) is 9.84 Å². The lowest BCUT2D eigenvalue weighted by molar-refractivity contribution is -0.143. The number of halogens is 1. The van der Waals surface area contributed by atoms with Crippen LogP contribution in [0.2, 0.25) is 0 Å². The first-order valence-corrected chi connectivity index (χ1v) is 6.25.